The minimum atomic E-state index is 0.749. The monoisotopic (exact) mass is 247 g/mol. The largest absolute Gasteiger partial charge is 0.370 e. The number of pyridine rings is 1. The van der Waals surface area contributed by atoms with Crippen molar-refractivity contribution in [2.24, 2.45) is 5.92 Å². The molecule has 0 saturated carbocycles. The van der Waals surface area contributed by atoms with E-state index in [0.29, 0.717) is 0 Å². The van der Waals surface area contributed by atoms with Crippen LogP contribution in [0, 0.1) is 5.92 Å². The molecule has 1 aromatic rings. The van der Waals surface area contributed by atoms with Gasteiger partial charge < -0.3 is 5.32 Å². The molecule has 1 fully saturated rings. The van der Waals surface area contributed by atoms with Crippen molar-refractivity contribution in [2.45, 2.75) is 46.2 Å². The van der Waals surface area contributed by atoms with Crippen LogP contribution in [0.1, 0.15) is 39.2 Å². The molecule has 1 unspecified atom stereocenters. The Morgan fingerprint density at radius 3 is 2.89 bits per heavy atom. The molecule has 1 aromatic heterocycles. The van der Waals surface area contributed by atoms with Crippen LogP contribution >= 0.6 is 0 Å². The van der Waals surface area contributed by atoms with Crippen LogP contribution in [0.2, 0.25) is 0 Å². The molecule has 0 spiro atoms. The highest BCUT2D eigenvalue weighted by Gasteiger charge is 2.26. The van der Waals surface area contributed by atoms with E-state index in [-0.39, 0.29) is 0 Å². The number of nitrogens with zero attached hydrogens (tertiary/aromatic N) is 2. The molecule has 0 radical (unpaired) electrons. The van der Waals surface area contributed by atoms with Gasteiger partial charge in [-0.15, -0.1) is 0 Å². The molecule has 3 nitrogen and oxygen atoms in total. The summed E-state index contributed by atoms with van der Waals surface area (Å²) in [6, 6.07) is 5.03. The fourth-order valence-electron chi connectivity index (χ4n) is 2.84. The molecule has 1 saturated heterocycles. The molecule has 18 heavy (non-hydrogen) atoms. The summed E-state index contributed by atoms with van der Waals surface area (Å²) in [5.41, 5.74) is 1.32. The number of aromatic nitrogens is 1. The number of nitrogens with one attached hydrogen (secondary N) is 1. The summed E-state index contributed by atoms with van der Waals surface area (Å²) < 4.78 is 0. The third-order valence-electron chi connectivity index (χ3n) is 3.75. The molecule has 0 bridgehead atoms. The zero-order chi connectivity index (χ0) is 13.0. The van der Waals surface area contributed by atoms with E-state index in [1.54, 1.807) is 0 Å². The molecular weight excluding hydrogens is 222 g/mol. The molecule has 1 N–H and O–H groups in total. The Morgan fingerprint density at radius 1 is 1.44 bits per heavy atom. The van der Waals surface area contributed by atoms with E-state index in [0.717, 1.165) is 30.9 Å². The van der Waals surface area contributed by atoms with Gasteiger partial charge in [0.25, 0.3) is 0 Å². The first-order valence-electron chi connectivity index (χ1n) is 7.13. The highest BCUT2D eigenvalue weighted by molar-refractivity contribution is 5.35. The van der Waals surface area contributed by atoms with E-state index in [1.165, 1.54) is 24.9 Å². The van der Waals surface area contributed by atoms with Crippen LogP contribution in [0.15, 0.2) is 18.3 Å². The summed E-state index contributed by atoms with van der Waals surface area (Å²) in [6.07, 6.45) is 4.69. The molecule has 3 heteroatoms. The summed E-state index contributed by atoms with van der Waals surface area (Å²) >= 11 is 0. The second-order valence-electron chi connectivity index (χ2n) is 5.51. The van der Waals surface area contributed by atoms with Gasteiger partial charge in [-0.2, -0.15) is 0 Å². The van der Waals surface area contributed by atoms with Gasteiger partial charge in [0, 0.05) is 25.3 Å². The van der Waals surface area contributed by atoms with E-state index in [2.05, 4.69) is 48.1 Å². The van der Waals surface area contributed by atoms with Crippen molar-refractivity contribution < 1.29 is 0 Å². The van der Waals surface area contributed by atoms with Gasteiger partial charge in [0.1, 0.15) is 5.82 Å². The molecule has 1 atom stereocenters. The van der Waals surface area contributed by atoms with Crippen LogP contribution in [0.4, 0.5) is 5.82 Å². The van der Waals surface area contributed by atoms with Crippen LogP contribution in [0.25, 0.3) is 0 Å². The van der Waals surface area contributed by atoms with Gasteiger partial charge in [-0.3, -0.25) is 4.90 Å². The Bertz CT molecular complexity index is 359. The van der Waals surface area contributed by atoms with E-state index < -0.39 is 0 Å². The molecule has 1 aliphatic heterocycles. The number of hydrogen-bond acceptors (Lipinski definition) is 3. The molecule has 0 aromatic carbocycles. The van der Waals surface area contributed by atoms with E-state index >= 15 is 0 Å². The standard InChI is InChI=1S/C15H25N3/c1-4-16-15-8-7-13(10-17-15)11-18-9-5-6-14(18)12(2)3/h7-8,10,12,14H,4-6,9,11H2,1-3H3,(H,16,17). The number of rotatable bonds is 5. The predicted octanol–water partition coefficient (Wildman–Crippen LogP) is 3.13. The van der Waals surface area contributed by atoms with Crippen molar-refractivity contribution in [1.29, 1.82) is 0 Å². The maximum atomic E-state index is 4.44. The van der Waals surface area contributed by atoms with Crippen molar-refractivity contribution >= 4 is 5.82 Å². The Kier molecular flexibility index (Phi) is 4.59. The summed E-state index contributed by atoms with van der Waals surface area (Å²) in [4.78, 5) is 7.05. The molecular formula is C15H25N3. The normalized spacial score (nSPS) is 20.6. The summed E-state index contributed by atoms with van der Waals surface area (Å²) in [7, 11) is 0. The summed E-state index contributed by atoms with van der Waals surface area (Å²) in [5.74, 6) is 1.73. The molecule has 0 aliphatic carbocycles. The first-order chi connectivity index (χ1) is 8.70. The van der Waals surface area contributed by atoms with Crippen molar-refractivity contribution in [1.82, 2.24) is 9.88 Å². The van der Waals surface area contributed by atoms with Crippen LogP contribution in [-0.4, -0.2) is 29.0 Å². The van der Waals surface area contributed by atoms with Gasteiger partial charge in [-0.25, -0.2) is 4.98 Å². The Morgan fingerprint density at radius 2 is 2.28 bits per heavy atom. The van der Waals surface area contributed by atoms with Gasteiger partial charge in [0.2, 0.25) is 0 Å². The molecule has 2 heterocycles. The van der Waals surface area contributed by atoms with Gasteiger partial charge >= 0.3 is 0 Å². The van der Waals surface area contributed by atoms with E-state index in [9.17, 15) is 0 Å². The third-order valence-corrected chi connectivity index (χ3v) is 3.75. The van der Waals surface area contributed by atoms with E-state index in [4.69, 9.17) is 0 Å². The topological polar surface area (TPSA) is 28.2 Å². The van der Waals surface area contributed by atoms with Crippen molar-refractivity contribution in [3.8, 4) is 0 Å². The highest BCUT2D eigenvalue weighted by atomic mass is 15.2. The second kappa shape index (κ2) is 6.19. The first-order valence-corrected chi connectivity index (χ1v) is 7.13. The second-order valence-corrected chi connectivity index (χ2v) is 5.51. The molecule has 0 amide bonds. The highest BCUT2D eigenvalue weighted by Crippen LogP contribution is 2.25. The van der Waals surface area contributed by atoms with Crippen LogP contribution in [0.3, 0.4) is 0 Å². The summed E-state index contributed by atoms with van der Waals surface area (Å²) in [6.45, 7) is 9.95. The smallest absolute Gasteiger partial charge is 0.125 e. The lowest BCUT2D eigenvalue weighted by molar-refractivity contribution is 0.198. The zero-order valence-electron chi connectivity index (χ0n) is 11.8. The van der Waals surface area contributed by atoms with Crippen molar-refractivity contribution in [2.75, 3.05) is 18.4 Å². The predicted molar refractivity (Wildman–Crippen MR) is 76.7 cm³/mol. The third kappa shape index (κ3) is 3.22. The summed E-state index contributed by atoms with van der Waals surface area (Å²) in [5, 5.41) is 3.23. The molecule has 1 aliphatic rings. The van der Waals surface area contributed by atoms with Crippen LogP contribution in [-0.2, 0) is 6.54 Å². The fourth-order valence-corrected chi connectivity index (χ4v) is 2.84. The number of anilines is 1. The van der Waals surface area contributed by atoms with Crippen LogP contribution < -0.4 is 5.32 Å². The minimum absolute atomic E-state index is 0.749. The Hall–Kier alpha value is -1.09. The lowest BCUT2D eigenvalue weighted by Gasteiger charge is -2.27. The fraction of sp³-hybridized carbons (Fsp3) is 0.667. The van der Waals surface area contributed by atoms with Crippen molar-refractivity contribution in [3.05, 3.63) is 23.9 Å². The first kappa shape index (κ1) is 13.3. The lowest BCUT2D eigenvalue weighted by atomic mass is 10.0. The maximum absolute atomic E-state index is 4.44. The quantitative estimate of drug-likeness (QED) is 0.866. The van der Waals surface area contributed by atoms with Gasteiger partial charge in [-0.1, -0.05) is 19.9 Å². The average Bonchev–Trinajstić information content (AvgIpc) is 2.80. The Balaban J connectivity index is 1.96. The van der Waals surface area contributed by atoms with Gasteiger partial charge in [-0.05, 0) is 43.9 Å². The van der Waals surface area contributed by atoms with Crippen LogP contribution in [0.5, 0.6) is 0 Å². The molecule has 2 rings (SSSR count). The van der Waals surface area contributed by atoms with Crippen molar-refractivity contribution in [3.63, 3.8) is 0 Å². The average molecular weight is 247 g/mol. The minimum Gasteiger partial charge on any atom is -0.370 e. The van der Waals surface area contributed by atoms with Gasteiger partial charge in [0.15, 0.2) is 0 Å². The Labute approximate surface area is 111 Å². The molecule has 100 valence electrons. The SMILES string of the molecule is CCNc1ccc(CN2CCCC2C(C)C)cn1. The lowest BCUT2D eigenvalue weighted by Crippen LogP contribution is -2.32. The van der Waals surface area contributed by atoms with Gasteiger partial charge in [0.05, 0.1) is 0 Å². The number of hydrogen-bond donors (Lipinski definition) is 1. The zero-order valence-corrected chi connectivity index (χ0v) is 11.8. The maximum Gasteiger partial charge on any atom is 0.125 e. The van der Waals surface area contributed by atoms with E-state index in [1.807, 2.05) is 6.20 Å². The number of likely N-dealkylation sites (tertiary alicyclic amines) is 1.